The Kier molecular flexibility index (Phi) is 7.57. The third kappa shape index (κ3) is 5.56. The van der Waals surface area contributed by atoms with Gasteiger partial charge in [0.2, 0.25) is 0 Å². The van der Waals surface area contributed by atoms with E-state index >= 15 is 0 Å². The van der Waals surface area contributed by atoms with Crippen LogP contribution in [0, 0.1) is 23.3 Å². The minimum absolute atomic E-state index is 0.0782. The van der Waals surface area contributed by atoms with Gasteiger partial charge in [0, 0.05) is 41.1 Å². The van der Waals surface area contributed by atoms with Gasteiger partial charge in [0.1, 0.15) is 17.5 Å². The molecule has 3 heterocycles. The molecule has 1 saturated heterocycles. The van der Waals surface area contributed by atoms with Gasteiger partial charge in [-0.15, -0.1) is 0 Å². The molecule has 4 aromatic rings. The molecule has 196 valence electrons. The average Bonchev–Trinajstić information content (AvgIpc) is 3.09. The highest BCUT2D eigenvalue weighted by Crippen LogP contribution is 2.37. The number of hydrogen-bond donors (Lipinski definition) is 1. The number of nitrogens with zero attached hydrogens (tertiary/aromatic N) is 2. The van der Waals surface area contributed by atoms with Crippen molar-refractivity contribution in [1.82, 2.24) is 9.97 Å². The van der Waals surface area contributed by atoms with E-state index in [1.165, 1.54) is 12.3 Å². The van der Waals surface area contributed by atoms with Crippen molar-refractivity contribution in [3.63, 3.8) is 0 Å². The van der Waals surface area contributed by atoms with Gasteiger partial charge in [0.25, 0.3) is 0 Å². The van der Waals surface area contributed by atoms with Crippen LogP contribution >= 0.6 is 0 Å². The maximum absolute atomic E-state index is 14.3. The number of rotatable bonds is 3. The maximum Gasteiger partial charge on any atom is 0.497 e. The van der Waals surface area contributed by atoms with Crippen LogP contribution in [0.1, 0.15) is 27.7 Å². The van der Waals surface area contributed by atoms with Gasteiger partial charge >= 0.3 is 7.12 Å². The first-order chi connectivity index (χ1) is 17.9. The summed E-state index contributed by atoms with van der Waals surface area (Å²) in [6.45, 7) is 7.53. The Morgan fingerprint density at radius 3 is 1.61 bits per heavy atom. The summed E-state index contributed by atoms with van der Waals surface area (Å²) >= 11 is 0. The molecule has 2 aromatic heterocycles. The molecule has 2 aromatic carbocycles. The molecule has 0 aliphatic carbocycles. The molecule has 0 saturated carbocycles. The lowest BCUT2D eigenvalue weighted by Crippen LogP contribution is -2.41. The molecule has 1 aliphatic heterocycles. The summed E-state index contributed by atoms with van der Waals surface area (Å²) in [6, 6.07) is 14.0. The Labute approximate surface area is 218 Å². The first kappa shape index (κ1) is 27.3. The monoisotopic (exact) mass is 524 g/mol. The summed E-state index contributed by atoms with van der Waals surface area (Å²) in [5, 5.41) is 9.12. The predicted molar refractivity (Wildman–Crippen MR) is 137 cm³/mol. The quantitative estimate of drug-likeness (QED) is 0.261. The molecule has 5 nitrogen and oxygen atoms in total. The molecule has 0 amide bonds. The Balaban J connectivity index is 0.000000194. The van der Waals surface area contributed by atoms with Crippen molar-refractivity contribution >= 4 is 12.6 Å². The molecular formula is C28H25BF4N2O3. The smallest absolute Gasteiger partial charge is 0.497 e. The van der Waals surface area contributed by atoms with Crippen molar-refractivity contribution in [1.29, 1.82) is 0 Å². The van der Waals surface area contributed by atoms with E-state index in [9.17, 15) is 17.6 Å². The van der Waals surface area contributed by atoms with Crippen molar-refractivity contribution < 1.29 is 32.0 Å². The van der Waals surface area contributed by atoms with Crippen molar-refractivity contribution in [3.05, 3.63) is 96.3 Å². The van der Waals surface area contributed by atoms with Crippen LogP contribution in [0.15, 0.2) is 73.1 Å². The third-order valence-electron chi connectivity index (χ3n) is 6.51. The lowest BCUT2D eigenvalue weighted by molar-refractivity contribution is 0.00578. The minimum Gasteiger partial charge on any atom is -0.505 e. The molecule has 1 aliphatic rings. The van der Waals surface area contributed by atoms with Gasteiger partial charge in [-0.05, 0) is 64.1 Å². The van der Waals surface area contributed by atoms with Crippen LogP contribution in [0.2, 0.25) is 0 Å². The van der Waals surface area contributed by atoms with Gasteiger partial charge in [-0.1, -0.05) is 12.1 Å². The van der Waals surface area contributed by atoms with Crippen LogP contribution in [-0.4, -0.2) is 33.4 Å². The van der Waals surface area contributed by atoms with E-state index in [0.717, 1.165) is 12.1 Å². The molecule has 0 atom stereocenters. The van der Waals surface area contributed by atoms with Crippen molar-refractivity contribution in [2.45, 2.75) is 38.9 Å². The Morgan fingerprint density at radius 1 is 0.658 bits per heavy atom. The van der Waals surface area contributed by atoms with E-state index in [1.54, 1.807) is 42.6 Å². The summed E-state index contributed by atoms with van der Waals surface area (Å²) < 4.78 is 66.2. The third-order valence-corrected chi connectivity index (χ3v) is 6.51. The number of pyridine rings is 2. The summed E-state index contributed by atoms with van der Waals surface area (Å²) in [7, 11) is -0.886. The highest BCUT2D eigenvalue weighted by atomic mass is 19.1. The van der Waals surface area contributed by atoms with Crippen LogP contribution in [-0.2, 0) is 9.31 Å². The molecule has 0 bridgehead atoms. The van der Waals surface area contributed by atoms with Gasteiger partial charge < -0.3 is 14.4 Å². The number of hydrogen-bond acceptors (Lipinski definition) is 5. The number of phenols is 1. The van der Waals surface area contributed by atoms with E-state index in [4.69, 9.17) is 14.4 Å². The highest BCUT2D eigenvalue weighted by Gasteiger charge is 2.52. The lowest BCUT2D eigenvalue weighted by Gasteiger charge is -2.32. The molecule has 10 heteroatoms. The average molecular weight is 524 g/mol. The van der Waals surface area contributed by atoms with Gasteiger partial charge in [-0.2, -0.15) is 0 Å². The van der Waals surface area contributed by atoms with Gasteiger partial charge in [-0.3, -0.25) is 9.97 Å². The Morgan fingerprint density at radius 2 is 1.13 bits per heavy atom. The van der Waals surface area contributed by atoms with Crippen LogP contribution < -0.4 is 5.46 Å². The highest BCUT2D eigenvalue weighted by molar-refractivity contribution is 6.62. The topological polar surface area (TPSA) is 64.5 Å². The normalized spacial score (nSPS) is 15.6. The van der Waals surface area contributed by atoms with Crippen LogP contribution in [0.5, 0.6) is 5.75 Å². The number of aromatic hydroxyl groups is 1. The molecule has 5 rings (SSSR count). The van der Waals surface area contributed by atoms with Crippen LogP contribution in [0.4, 0.5) is 17.6 Å². The maximum atomic E-state index is 14.3. The van der Waals surface area contributed by atoms with E-state index in [1.807, 2.05) is 27.7 Å². The largest absolute Gasteiger partial charge is 0.505 e. The van der Waals surface area contributed by atoms with Crippen molar-refractivity contribution in [2.24, 2.45) is 0 Å². The molecule has 1 fully saturated rings. The molecule has 0 spiro atoms. The van der Waals surface area contributed by atoms with E-state index < -0.39 is 47.3 Å². The first-order valence-corrected chi connectivity index (χ1v) is 11.7. The summed E-state index contributed by atoms with van der Waals surface area (Å²) in [5.41, 5.74) is 0.0674. The van der Waals surface area contributed by atoms with E-state index in [0.29, 0.717) is 17.5 Å². The Bertz CT molecular complexity index is 1420. The van der Waals surface area contributed by atoms with Gasteiger partial charge in [-0.25, -0.2) is 17.6 Å². The van der Waals surface area contributed by atoms with E-state index in [-0.39, 0.29) is 16.6 Å². The zero-order valence-electron chi connectivity index (χ0n) is 21.2. The van der Waals surface area contributed by atoms with Crippen LogP contribution in [0.25, 0.3) is 22.5 Å². The number of aromatic nitrogens is 2. The second-order valence-corrected chi connectivity index (χ2v) is 9.66. The van der Waals surface area contributed by atoms with Crippen molar-refractivity contribution in [2.75, 3.05) is 0 Å². The van der Waals surface area contributed by atoms with E-state index in [2.05, 4.69) is 9.97 Å². The number of phenolic OH excluding ortho intramolecular Hbond substituents is 1. The molecular weight excluding hydrogens is 499 g/mol. The zero-order valence-corrected chi connectivity index (χ0v) is 21.2. The van der Waals surface area contributed by atoms with Crippen LogP contribution in [0.3, 0.4) is 0 Å². The second kappa shape index (κ2) is 10.5. The summed E-state index contributed by atoms with van der Waals surface area (Å²) in [5.74, 6) is -3.67. The van der Waals surface area contributed by atoms with Gasteiger partial charge in [0.15, 0.2) is 11.6 Å². The fourth-order valence-corrected chi connectivity index (χ4v) is 3.69. The fraction of sp³-hybridized carbons (Fsp3) is 0.214. The molecule has 1 N–H and O–H groups in total. The SMILES string of the molecule is CC1(C)OB(c2cc(-c3ccccn3)c(F)cc2F)OC1(C)C.Oc1cc(-c2ccccn2)c(F)cc1F. The number of halogens is 4. The number of benzene rings is 2. The lowest BCUT2D eigenvalue weighted by atomic mass is 9.77. The fourth-order valence-electron chi connectivity index (χ4n) is 3.69. The molecule has 0 unspecified atom stereocenters. The summed E-state index contributed by atoms with van der Waals surface area (Å²) in [4.78, 5) is 8.03. The van der Waals surface area contributed by atoms with Crippen molar-refractivity contribution in [3.8, 4) is 28.3 Å². The standard InChI is InChI=1S/C17H18BF2NO2.C11H7F2NO/c1-16(2)17(3,4)23-18(22-16)12-9-11(13(19)10-14(12)20)15-7-5-6-8-21-15;12-8-6-9(13)11(15)5-7(8)10-3-1-2-4-14-10/h5-10H,1-4H3;1-6,15H. The van der Waals surface area contributed by atoms with Gasteiger partial charge in [0.05, 0.1) is 22.6 Å². The zero-order chi connectivity index (χ0) is 27.7. The second-order valence-electron chi connectivity index (χ2n) is 9.66. The Hall–Kier alpha value is -3.76. The minimum atomic E-state index is -0.979. The molecule has 38 heavy (non-hydrogen) atoms. The summed E-state index contributed by atoms with van der Waals surface area (Å²) in [6.07, 6.45) is 3.06. The predicted octanol–water partition coefficient (Wildman–Crippen LogP) is 6.06. The first-order valence-electron chi connectivity index (χ1n) is 11.7. The molecule has 0 radical (unpaired) electrons.